The molecule has 1 N–H and O–H groups in total. The number of Topliss-reactive ketones (excluding diaryl/α,β-unsaturated/α-hetero) is 1. The Balaban J connectivity index is 2.35. The van der Waals surface area contributed by atoms with Gasteiger partial charge in [-0.05, 0) is 19.1 Å². The Hall–Kier alpha value is -1.09. The van der Waals surface area contributed by atoms with Crippen LogP contribution in [0.3, 0.4) is 0 Å². The lowest BCUT2D eigenvalue weighted by Gasteiger charge is -2.38. The third-order valence-electron chi connectivity index (χ3n) is 2.48. The van der Waals surface area contributed by atoms with Crippen LogP contribution >= 0.6 is 0 Å². The molecule has 64 valence electrons. The normalized spacial score (nSPS) is 20.1. The number of aromatic amines is 1. The minimum absolute atomic E-state index is 0.177. The summed E-state index contributed by atoms with van der Waals surface area (Å²) < 4.78 is 5.08. The Morgan fingerprint density at radius 2 is 2.42 bits per heavy atom. The highest BCUT2D eigenvalue weighted by Crippen LogP contribution is 2.31. The van der Waals surface area contributed by atoms with Crippen LogP contribution in [0.5, 0.6) is 0 Å². The van der Waals surface area contributed by atoms with Crippen LogP contribution in [-0.4, -0.2) is 24.0 Å². The smallest absolute Gasteiger partial charge is 0.146 e. The van der Waals surface area contributed by atoms with Gasteiger partial charge in [0.05, 0.1) is 13.2 Å². The van der Waals surface area contributed by atoms with Crippen molar-refractivity contribution in [2.24, 2.45) is 0 Å². The molecule has 0 aliphatic carbocycles. The average Bonchev–Trinajstić information content (AvgIpc) is 2.35. The lowest BCUT2D eigenvalue weighted by Crippen LogP contribution is -2.52. The van der Waals surface area contributed by atoms with Crippen molar-refractivity contribution in [1.82, 2.24) is 4.98 Å². The lowest BCUT2D eigenvalue weighted by atomic mass is 9.79. The summed E-state index contributed by atoms with van der Waals surface area (Å²) in [6, 6.07) is 3.84. The molecule has 2 rings (SSSR count). The van der Waals surface area contributed by atoms with Crippen molar-refractivity contribution in [1.29, 1.82) is 0 Å². The van der Waals surface area contributed by atoms with Gasteiger partial charge in [0.25, 0.3) is 0 Å². The number of nitrogens with one attached hydrogen (secondary N) is 1. The molecule has 1 fully saturated rings. The number of hydrogen-bond donors (Lipinski definition) is 1. The zero-order chi connectivity index (χ0) is 8.60. The molecule has 12 heavy (non-hydrogen) atoms. The van der Waals surface area contributed by atoms with Gasteiger partial charge in [0.2, 0.25) is 0 Å². The van der Waals surface area contributed by atoms with E-state index in [4.69, 9.17) is 4.74 Å². The van der Waals surface area contributed by atoms with Gasteiger partial charge < -0.3 is 9.72 Å². The average molecular weight is 165 g/mol. The molecule has 0 aromatic carbocycles. The molecule has 1 saturated heterocycles. The lowest BCUT2D eigenvalue weighted by molar-refractivity contribution is -0.141. The number of ketones is 1. The van der Waals surface area contributed by atoms with Crippen LogP contribution in [0.2, 0.25) is 0 Å². The van der Waals surface area contributed by atoms with E-state index in [0.29, 0.717) is 13.2 Å². The van der Waals surface area contributed by atoms with E-state index in [1.807, 2.05) is 18.3 Å². The molecule has 3 nitrogen and oxygen atoms in total. The summed E-state index contributed by atoms with van der Waals surface area (Å²) in [5.74, 6) is 0.177. The van der Waals surface area contributed by atoms with E-state index in [2.05, 4.69) is 4.98 Å². The van der Waals surface area contributed by atoms with Gasteiger partial charge in [-0.25, -0.2) is 0 Å². The SMILES string of the molecule is CC(=O)C1(c2ccc[nH]2)COC1. The maximum atomic E-state index is 11.3. The molecule has 0 atom stereocenters. The molecule has 0 unspecified atom stereocenters. The van der Waals surface area contributed by atoms with E-state index in [0.717, 1.165) is 5.69 Å². The second-order valence-corrected chi connectivity index (χ2v) is 3.21. The summed E-state index contributed by atoms with van der Waals surface area (Å²) in [4.78, 5) is 14.4. The Bertz CT molecular complexity index is 285. The van der Waals surface area contributed by atoms with Crippen LogP contribution in [0.1, 0.15) is 12.6 Å². The maximum absolute atomic E-state index is 11.3. The zero-order valence-corrected chi connectivity index (χ0v) is 6.96. The van der Waals surface area contributed by atoms with Gasteiger partial charge in [-0.1, -0.05) is 0 Å². The fraction of sp³-hybridized carbons (Fsp3) is 0.444. The first-order chi connectivity index (χ1) is 5.76. The van der Waals surface area contributed by atoms with Crippen molar-refractivity contribution in [3.8, 4) is 0 Å². The maximum Gasteiger partial charge on any atom is 0.146 e. The van der Waals surface area contributed by atoms with Crippen molar-refractivity contribution >= 4 is 5.78 Å². The summed E-state index contributed by atoms with van der Waals surface area (Å²) in [6.45, 7) is 2.65. The molecule has 1 aliphatic heterocycles. The van der Waals surface area contributed by atoms with E-state index in [1.54, 1.807) is 6.92 Å². The highest BCUT2D eigenvalue weighted by Gasteiger charge is 2.45. The third-order valence-corrected chi connectivity index (χ3v) is 2.48. The van der Waals surface area contributed by atoms with Crippen LogP contribution in [0.25, 0.3) is 0 Å². The number of H-pyrrole nitrogens is 1. The predicted molar refractivity (Wildman–Crippen MR) is 44.0 cm³/mol. The van der Waals surface area contributed by atoms with Crippen molar-refractivity contribution in [3.05, 3.63) is 24.0 Å². The van der Waals surface area contributed by atoms with Gasteiger partial charge in [-0.3, -0.25) is 4.79 Å². The number of hydrogen-bond acceptors (Lipinski definition) is 2. The molecule has 1 aliphatic rings. The molecule has 3 heteroatoms. The third kappa shape index (κ3) is 0.830. The molecule has 1 aromatic rings. The number of rotatable bonds is 2. The predicted octanol–water partition coefficient (Wildman–Crippen LogP) is 0.872. The summed E-state index contributed by atoms with van der Waals surface area (Å²) in [7, 11) is 0. The van der Waals surface area contributed by atoms with E-state index in [1.165, 1.54) is 0 Å². The molecule has 0 spiro atoms. The molecule has 0 bridgehead atoms. The largest absolute Gasteiger partial charge is 0.378 e. The summed E-state index contributed by atoms with van der Waals surface area (Å²) in [6.07, 6.45) is 1.83. The van der Waals surface area contributed by atoms with Crippen LogP contribution in [-0.2, 0) is 14.9 Å². The van der Waals surface area contributed by atoms with Gasteiger partial charge in [0.15, 0.2) is 0 Å². The highest BCUT2D eigenvalue weighted by molar-refractivity contribution is 5.88. The Morgan fingerprint density at radius 3 is 2.75 bits per heavy atom. The monoisotopic (exact) mass is 165 g/mol. The van der Waals surface area contributed by atoms with Crippen LogP contribution in [0, 0.1) is 0 Å². The number of aromatic nitrogens is 1. The molecule has 0 amide bonds. The van der Waals surface area contributed by atoms with Crippen molar-refractivity contribution < 1.29 is 9.53 Å². The second-order valence-electron chi connectivity index (χ2n) is 3.21. The fourth-order valence-electron chi connectivity index (χ4n) is 1.48. The second kappa shape index (κ2) is 2.45. The van der Waals surface area contributed by atoms with E-state index in [-0.39, 0.29) is 11.2 Å². The standard InChI is InChI=1S/C9H11NO2/c1-7(11)9(5-12-6-9)8-3-2-4-10-8/h2-4,10H,5-6H2,1H3. The van der Waals surface area contributed by atoms with E-state index in [9.17, 15) is 4.79 Å². The Labute approximate surface area is 70.7 Å². The minimum atomic E-state index is -0.372. The van der Waals surface area contributed by atoms with Crippen molar-refractivity contribution in [2.75, 3.05) is 13.2 Å². The van der Waals surface area contributed by atoms with Crippen LogP contribution < -0.4 is 0 Å². The topological polar surface area (TPSA) is 42.1 Å². The van der Waals surface area contributed by atoms with E-state index >= 15 is 0 Å². The van der Waals surface area contributed by atoms with Gasteiger partial charge in [0, 0.05) is 11.9 Å². The van der Waals surface area contributed by atoms with Gasteiger partial charge in [-0.15, -0.1) is 0 Å². The minimum Gasteiger partial charge on any atom is -0.378 e. The number of carbonyl (C=O) groups is 1. The number of carbonyl (C=O) groups excluding carboxylic acids is 1. The van der Waals surface area contributed by atoms with Crippen LogP contribution in [0.4, 0.5) is 0 Å². The Morgan fingerprint density at radius 1 is 1.67 bits per heavy atom. The van der Waals surface area contributed by atoms with Crippen LogP contribution in [0.15, 0.2) is 18.3 Å². The van der Waals surface area contributed by atoms with Gasteiger partial charge in [0.1, 0.15) is 11.2 Å². The molecule has 1 aromatic heterocycles. The molecular formula is C9H11NO2. The van der Waals surface area contributed by atoms with Crippen molar-refractivity contribution in [3.63, 3.8) is 0 Å². The summed E-state index contributed by atoms with van der Waals surface area (Å²) >= 11 is 0. The molecule has 0 saturated carbocycles. The van der Waals surface area contributed by atoms with Gasteiger partial charge >= 0.3 is 0 Å². The number of ether oxygens (including phenoxy) is 1. The highest BCUT2D eigenvalue weighted by atomic mass is 16.5. The first-order valence-electron chi connectivity index (χ1n) is 3.98. The van der Waals surface area contributed by atoms with Crippen molar-refractivity contribution in [2.45, 2.75) is 12.3 Å². The first-order valence-corrected chi connectivity index (χ1v) is 3.98. The summed E-state index contributed by atoms with van der Waals surface area (Å²) in [5.41, 5.74) is 0.602. The molecular weight excluding hydrogens is 154 g/mol. The first kappa shape index (κ1) is 7.55. The summed E-state index contributed by atoms with van der Waals surface area (Å²) in [5, 5.41) is 0. The molecule has 0 radical (unpaired) electrons. The Kier molecular flexibility index (Phi) is 1.54. The van der Waals surface area contributed by atoms with E-state index < -0.39 is 0 Å². The van der Waals surface area contributed by atoms with Gasteiger partial charge in [-0.2, -0.15) is 0 Å². The molecule has 2 heterocycles. The fourth-order valence-corrected chi connectivity index (χ4v) is 1.48. The quantitative estimate of drug-likeness (QED) is 0.706. The zero-order valence-electron chi connectivity index (χ0n) is 6.96.